The lowest BCUT2D eigenvalue weighted by Crippen LogP contribution is -2.31. The lowest BCUT2D eigenvalue weighted by Gasteiger charge is -2.24. The van der Waals surface area contributed by atoms with Gasteiger partial charge in [-0.05, 0) is 42.0 Å². The van der Waals surface area contributed by atoms with E-state index in [-0.39, 0.29) is 5.69 Å². The van der Waals surface area contributed by atoms with Gasteiger partial charge in [-0.1, -0.05) is 12.1 Å². The van der Waals surface area contributed by atoms with Crippen molar-refractivity contribution in [2.24, 2.45) is 0 Å². The Bertz CT molecular complexity index is 1200. The van der Waals surface area contributed by atoms with Crippen LogP contribution in [0.1, 0.15) is 11.7 Å². The largest absolute Gasteiger partial charge is 0.394 e. The highest BCUT2D eigenvalue weighted by atomic mass is 16.6. The van der Waals surface area contributed by atoms with Crippen molar-refractivity contribution < 1.29 is 15.1 Å². The molecule has 156 valence electrons. The molecule has 2 atom stereocenters. The van der Waals surface area contributed by atoms with Crippen molar-refractivity contribution in [3.05, 3.63) is 88.7 Å². The molecule has 31 heavy (non-hydrogen) atoms. The number of nitro benzene ring substituents is 1. The van der Waals surface area contributed by atoms with E-state index in [1.54, 1.807) is 18.5 Å². The van der Waals surface area contributed by atoms with E-state index in [4.69, 9.17) is 0 Å². The van der Waals surface area contributed by atoms with Crippen molar-refractivity contribution in [2.45, 2.75) is 12.1 Å². The summed E-state index contributed by atoms with van der Waals surface area (Å²) >= 11 is 0. The zero-order valence-electron chi connectivity index (χ0n) is 16.3. The maximum Gasteiger partial charge on any atom is 0.269 e. The van der Waals surface area contributed by atoms with Crippen molar-refractivity contribution in [2.75, 3.05) is 11.9 Å². The molecule has 0 spiro atoms. The van der Waals surface area contributed by atoms with Gasteiger partial charge in [0.25, 0.3) is 5.69 Å². The van der Waals surface area contributed by atoms with Crippen LogP contribution in [0.25, 0.3) is 22.3 Å². The molecule has 4 aromatic rings. The van der Waals surface area contributed by atoms with Crippen molar-refractivity contribution in [3.63, 3.8) is 0 Å². The Morgan fingerprint density at radius 2 is 1.81 bits per heavy atom. The first-order chi connectivity index (χ1) is 15.1. The Morgan fingerprint density at radius 1 is 1.03 bits per heavy atom. The van der Waals surface area contributed by atoms with E-state index in [1.165, 1.54) is 24.3 Å². The molecule has 0 aliphatic rings. The first-order valence-electron chi connectivity index (χ1n) is 9.54. The molecule has 0 aliphatic heterocycles. The normalized spacial score (nSPS) is 13.0. The Morgan fingerprint density at radius 3 is 2.48 bits per heavy atom. The third-order valence-electron chi connectivity index (χ3n) is 4.87. The SMILES string of the molecule is O=[N+]([O-])c1ccc([C@H](O)[C@H](CO)Nc2nc(-c3cccnc3)nc3ccccc23)cc1. The standard InChI is InChI=1S/C22H19N5O4/c28-13-19(20(29)14-7-9-16(10-8-14)27(30)31)25-22-17-5-1-2-6-18(17)24-21(26-22)15-4-3-11-23-12-15/h1-12,19-20,28-29H,13H2,(H,24,25,26)/t19-,20-/m0/s1. The van der Waals surface area contributed by atoms with Crippen molar-refractivity contribution in [1.82, 2.24) is 15.0 Å². The highest BCUT2D eigenvalue weighted by Gasteiger charge is 2.23. The number of aromatic nitrogens is 3. The summed E-state index contributed by atoms with van der Waals surface area (Å²) in [5, 5.41) is 35.4. The monoisotopic (exact) mass is 417 g/mol. The number of benzene rings is 2. The zero-order valence-corrected chi connectivity index (χ0v) is 16.3. The van der Waals surface area contributed by atoms with E-state index < -0.39 is 23.7 Å². The molecule has 4 rings (SSSR count). The number of pyridine rings is 1. The summed E-state index contributed by atoms with van der Waals surface area (Å²) in [6.45, 7) is -0.390. The van der Waals surface area contributed by atoms with Crippen LogP contribution in [0.5, 0.6) is 0 Å². The summed E-state index contributed by atoms with van der Waals surface area (Å²) < 4.78 is 0. The summed E-state index contributed by atoms with van der Waals surface area (Å²) in [5.74, 6) is 0.903. The van der Waals surface area contributed by atoms with Crippen molar-refractivity contribution in [3.8, 4) is 11.4 Å². The Hall–Kier alpha value is -3.95. The minimum atomic E-state index is -1.12. The maximum atomic E-state index is 10.9. The van der Waals surface area contributed by atoms with Crippen LogP contribution in [-0.2, 0) is 0 Å². The average Bonchev–Trinajstić information content (AvgIpc) is 2.82. The van der Waals surface area contributed by atoms with Gasteiger partial charge in [-0.2, -0.15) is 0 Å². The number of non-ortho nitro benzene ring substituents is 1. The first-order valence-corrected chi connectivity index (χ1v) is 9.54. The fourth-order valence-electron chi connectivity index (χ4n) is 3.24. The summed E-state index contributed by atoms with van der Waals surface area (Å²) in [6, 6.07) is 15.8. The fourth-order valence-corrected chi connectivity index (χ4v) is 3.24. The van der Waals surface area contributed by atoms with Gasteiger partial charge in [0, 0.05) is 35.5 Å². The maximum absolute atomic E-state index is 10.9. The second kappa shape index (κ2) is 8.82. The third kappa shape index (κ3) is 4.32. The number of nitro groups is 1. The fraction of sp³-hybridized carbons (Fsp3) is 0.136. The van der Waals surface area contributed by atoms with E-state index in [1.807, 2.05) is 30.3 Å². The number of fused-ring (bicyclic) bond motifs is 1. The molecule has 2 aromatic carbocycles. The minimum absolute atomic E-state index is 0.0765. The quantitative estimate of drug-likeness (QED) is 0.308. The third-order valence-corrected chi connectivity index (χ3v) is 4.87. The van der Waals surface area contributed by atoms with Crippen LogP contribution in [0, 0.1) is 10.1 Å². The number of rotatable bonds is 7. The van der Waals surface area contributed by atoms with E-state index >= 15 is 0 Å². The molecule has 2 aromatic heterocycles. The van der Waals surface area contributed by atoms with Gasteiger partial charge < -0.3 is 15.5 Å². The molecule has 0 radical (unpaired) electrons. The average molecular weight is 417 g/mol. The van der Waals surface area contributed by atoms with Gasteiger partial charge in [0.05, 0.1) is 23.1 Å². The van der Waals surface area contributed by atoms with Crippen LogP contribution in [0.3, 0.4) is 0 Å². The predicted molar refractivity (Wildman–Crippen MR) is 115 cm³/mol. The van der Waals surface area contributed by atoms with Crippen LogP contribution in [-0.4, -0.2) is 42.7 Å². The molecule has 0 saturated carbocycles. The van der Waals surface area contributed by atoms with E-state index in [2.05, 4.69) is 20.3 Å². The van der Waals surface area contributed by atoms with E-state index in [0.29, 0.717) is 22.7 Å². The lowest BCUT2D eigenvalue weighted by atomic mass is 10.0. The highest BCUT2D eigenvalue weighted by Crippen LogP contribution is 2.28. The van der Waals surface area contributed by atoms with Crippen molar-refractivity contribution >= 4 is 22.4 Å². The van der Waals surface area contributed by atoms with Gasteiger partial charge in [-0.25, -0.2) is 9.97 Å². The van der Waals surface area contributed by atoms with E-state index in [9.17, 15) is 20.3 Å². The van der Waals surface area contributed by atoms with Gasteiger partial charge >= 0.3 is 0 Å². The van der Waals surface area contributed by atoms with Gasteiger partial charge in [0.2, 0.25) is 0 Å². The first kappa shape index (κ1) is 20.3. The predicted octanol–water partition coefficient (Wildman–Crippen LogP) is 3.11. The molecule has 0 amide bonds. The molecule has 0 aliphatic carbocycles. The van der Waals surface area contributed by atoms with Gasteiger partial charge in [-0.3, -0.25) is 15.1 Å². The minimum Gasteiger partial charge on any atom is -0.394 e. The van der Waals surface area contributed by atoms with Gasteiger partial charge in [0.15, 0.2) is 5.82 Å². The zero-order chi connectivity index (χ0) is 21.8. The summed E-state index contributed by atoms with van der Waals surface area (Å²) in [7, 11) is 0. The van der Waals surface area contributed by atoms with Crippen LogP contribution >= 0.6 is 0 Å². The number of aliphatic hydroxyl groups excluding tert-OH is 2. The Balaban J connectivity index is 1.69. The summed E-state index contributed by atoms with van der Waals surface area (Å²) in [4.78, 5) is 23.6. The lowest BCUT2D eigenvalue weighted by molar-refractivity contribution is -0.384. The number of nitrogens with zero attached hydrogens (tertiary/aromatic N) is 4. The number of anilines is 1. The molecule has 0 saturated heterocycles. The number of hydrogen-bond acceptors (Lipinski definition) is 8. The molecular weight excluding hydrogens is 398 g/mol. The Kier molecular flexibility index (Phi) is 5.78. The second-order valence-electron chi connectivity index (χ2n) is 6.88. The van der Waals surface area contributed by atoms with E-state index in [0.717, 1.165) is 10.9 Å². The van der Waals surface area contributed by atoms with Crippen LogP contribution in [0.15, 0.2) is 73.1 Å². The molecule has 0 fully saturated rings. The Labute approximate surface area is 177 Å². The number of para-hydroxylation sites is 1. The number of hydrogen-bond donors (Lipinski definition) is 3. The molecule has 9 heteroatoms. The number of nitrogens with one attached hydrogen (secondary N) is 1. The van der Waals surface area contributed by atoms with Crippen LogP contribution in [0.4, 0.5) is 11.5 Å². The van der Waals surface area contributed by atoms with Crippen LogP contribution in [0.2, 0.25) is 0 Å². The van der Waals surface area contributed by atoms with Crippen LogP contribution < -0.4 is 5.32 Å². The number of aliphatic hydroxyl groups is 2. The second-order valence-corrected chi connectivity index (χ2v) is 6.88. The van der Waals surface area contributed by atoms with Crippen molar-refractivity contribution in [1.29, 1.82) is 0 Å². The molecular formula is C22H19N5O4. The van der Waals surface area contributed by atoms with Gasteiger partial charge in [0.1, 0.15) is 11.9 Å². The highest BCUT2D eigenvalue weighted by molar-refractivity contribution is 5.90. The molecule has 2 heterocycles. The van der Waals surface area contributed by atoms with Gasteiger partial charge in [-0.15, -0.1) is 0 Å². The smallest absolute Gasteiger partial charge is 0.269 e. The molecule has 0 unspecified atom stereocenters. The molecule has 0 bridgehead atoms. The molecule has 9 nitrogen and oxygen atoms in total. The summed E-state index contributed by atoms with van der Waals surface area (Å²) in [5.41, 5.74) is 1.78. The summed E-state index contributed by atoms with van der Waals surface area (Å²) in [6.07, 6.45) is 2.19. The topological polar surface area (TPSA) is 134 Å². The molecule has 3 N–H and O–H groups in total.